The number of pyridine rings is 1. The van der Waals surface area contributed by atoms with Crippen molar-refractivity contribution in [3.05, 3.63) is 29.6 Å². The number of aliphatic hydroxyl groups excluding tert-OH is 2. The number of anilines is 1. The van der Waals surface area contributed by atoms with Gasteiger partial charge < -0.3 is 15.9 Å². The van der Waals surface area contributed by atoms with Gasteiger partial charge in [-0.15, -0.1) is 0 Å². The van der Waals surface area contributed by atoms with Crippen molar-refractivity contribution in [3.8, 4) is 0 Å². The van der Waals surface area contributed by atoms with Gasteiger partial charge in [0.1, 0.15) is 0 Å². The number of hydrogen-bond acceptors (Lipinski definition) is 5. The number of aliphatic hydroxyl groups is 2. The first kappa shape index (κ1) is 14.9. The Morgan fingerprint density at radius 2 is 2.19 bits per heavy atom. The summed E-state index contributed by atoms with van der Waals surface area (Å²) in [4.78, 5) is 4.45. The van der Waals surface area contributed by atoms with Crippen LogP contribution in [0.15, 0.2) is 18.3 Å². The Morgan fingerprint density at radius 3 is 2.95 bits per heavy atom. The molecule has 5 heteroatoms. The summed E-state index contributed by atoms with van der Waals surface area (Å²) < 4.78 is 0. The molecule has 2 aliphatic rings. The Bertz CT molecular complexity index is 561. The second kappa shape index (κ2) is 5.99. The summed E-state index contributed by atoms with van der Waals surface area (Å²) >= 11 is 1.82. The predicted molar refractivity (Wildman–Crippen MR) is 86.9 cm³/mol. The zero-order valence-electron chi connectivity index (χ0n) is 12.2. The van der Waals surface area contributed by atoms with Crippen LogP contribution in [0.4, 0.5) is 5.69 Å². The molecule has 4 atom stereocenters. The number of nitrogens with two attached hydrogens (primary N) is 1. The van der Waals surface area contributed by atoms with E-state index < -0.39 is 12.2 Å². The van der Waals surface area contributed by atoms with Crippen LogP contribution in [0.2, 0.25) is 0 Å². The molecule has 0 bridgehead atoms. The normalized spacial score (nSPS) is 31.3. The third-order valence-corrected chi connectivity index (χ3v) is 5.70. The molecule has 114 valence electrons. The van der Waals surface area contributed by atoms with Crippen molar-refractivity contribution in [2.75, 3.05) is 17.2 Å². The zero-order valence-corrected chi connectivity index (χ0v) is 13.0. The number of thioether (sulfide) groups is 1. The highest BCUT2D eigenvalue weighted by molar-refractivity contribution is 7.99. The lowest BCUT2D eigenvalue weighted by Gasteiger charge is -2.18. The van der Waals surface area contributed by atoms with E-state index >= 15 is 0 Å². The molecule has 2 aliphatic carbocycles. The molecular formula is C16H22N2O2S. The van der Waals surface area contributed by atoms with Gasteiger partial charge in [0, 0.05) is 23.4 Å². The number of fused-ring (bicyclic) bond motifs is 1. The lowest BCUT2D eigenvalue weighted by molar-refractivity contribution is 0.0160. The Kier molecular flexibility index (Phi) is 4.24. The highest BCUT2D eigenvalue weighted by Crippen LogP contribution is 2.44. The van der Waals surface area contributed by atoms with Crippen LogP contribution >= 0.6 is 11.8 Å². The van der Waals surface area contributed by atoms with Gasteiger partial charge in [-0.1, -0.05) is 13.0 Å². The van der Waals surface area contributed by atoms with Crippen LogP contribution in [0.5, 0.6) is 0 Å². The lowest BCUT2D eigenvalue weighted by atomic mass is 9.93. The lowest BCUT2D eigenvalue weighted by Crippen LogP contribution is -2.29. The molecule has 1 aromatic heterocycles. The molecule has 1 aromatic rings. The highest BCUT2D eigenvalue weighted by atomic mass is 32.2. The number of aromatic nitrogens is 1. The Balaban J connectivity index is 1.82. The van der Waals surface area contributed by atoms with Crippen LogP contribution in [0.3, 0.4) is 0 Å². The van der Waals surface area contributed by atoms with E-state index in [4.69, 9.17) is 5.73 Å². The fourth-order valence-electron chi connectivity index (χ4n) is 3.47. The molecule has 21 heavy (non-hydrogen) atoms. The molecule has 1 saturated carbocycles. The van der Waals surface area contributed by atoms with E-state index in [-0.39, 0.29) is 11.8 Å². The Labute approximate surface area is 129 Å². The molecule has 4 N–H and O–H groups in total. The summed E-state index contributed by atoms with van der Waals surface area (Å²) in [5.74, 6) is 2.06. The molecular weight excluding hydrogens is 284 g/mol. The number of hydrogen-bond donors (Lipinski definition) is 3. The van der Waals surface area contributed by atoms with E-state index in [9.17, 15) is 10.2 Å². The second-order valence-corrected chi connectivity index (χ2v) is 7.15. The van der Waals surface area contributed by atoms with E-state index in [1.54, 1.807) is 6.20 Å². The Morgan fingerprint density at radius 1 is 1.38 bits per heavy atom. The molecule has 0 radical (unpaired) electrons. The maximum atomic E-state index is 10.4. The molecule has 3 rings (SSSR count). The summed E-state index contributed by atoms with van der Waals surface area (Å²) in [6, 6.07) is 1.82. The quantitative estimate of drug-likeness (QED) is 0.789. The molecule has 0 amide bonds. The SMILES string of the molecule is CCSC[C@H]1C[C@@H](C2=CCc3c(N)ccnc32)[C@@H](O)C1O. The van der Waals surface area contributed by atoms with Gasteiger partial charge in [-0.3, -0.25) is 4.98 Å². The summed E-state index contributed by atoms with van der Waals surface area (Å²) in [6.07, 6.45) is 4.09. The smallest absolute Gasteiger partial charge is 0.0871 e. The topological polar surface area (TPSA) is 79.4 Å². The van der Waals surface area contributed by atoms with Crippen LogP contribution in [0.25, 0.3) is 5.57 Å². The van der Waals surface area contributed by atoms with Crippen molar-refractivity contribution in [3.63, 3.8) is 0 Å². The fourth-order valence-corrected chi connectivity index (χ4v) is 4.35. The van der Waals surface area contributed by atoms with Crippen LogP contribution < -0.4 is 5.73 Å². The molecule has 1 fully saturated rings. The molecule has 0 saturated heterocycles. The van der Waals surface area contributed by atoms with E-state index in [1.807, 2.05) is 17.8 Å². The van der Waals surface area contributed by atoms with Crippen LogP contribution in [-0.4, -0.2) is 38.9 Å². The summed E-state index contributed by atoms with van der Waals surface area (Å²) in [6.45, 7) is 2.11. The highest BCUT2D eigenvalue weighted by Gasteiger charge is 2.44. The van der Waals surface area contributed by atoms with Gasteiger partial charge in [0.15, 0.2) is 0 Å². The number of rotatable bonds is 4. The predicted octanol–water partition coefficient (Wildman–Crippen LogP) is 1.71. The fraction of sp³-hybridized carbons (Fsp3) is 0.562. The Hall–Kier alpha value is -1.04. The average Bonchev–Trinajstić information content (AvgIpc) is 3.02. The van der Waals surface area contributed by atoms with E-state index in [2.05, 4.69) is 18.0 Å². The van der Waals surface area contributed by atoms with Gasteiger partial charge >= 0.3 is 0 Å². The van der Waals surface area contributed by atoms with E-state index in [0.717, 1.165) is 46.9 Å². The van der Waals surface area contributed by atoms with Crippen molar-refractivity contribution < 1.29 is 10.2 Å². The van der Waals surface area contributed by atoms with Crippen molar-refractivity contribution in [1.29, 1.82) is 0 Å². The van der Waals surface area contributed by atoms with Crippen LogP contribution in [0, 0.1) is 11.8 Å². The summed E-state index contributed by atoms with van der Waals surface area (Å²) in [7, 11) is 0. The van der Waals surface area contributed by atoms with Gasteiger partial charge in [-0.2, -0.15) is 11.8 Å². The van der Waals surface area contributed by atoms with Crippen molar-refractivity contribution in [1.82, 2.24) is 4.98 Å². The molecule has 0 aliphatic heterocycles. The number of nitrogens with zero attached hydrogens (tertiary/aromatic N) is 1. The van der Waals surface area contributed by atoms with Crippen molar-refractivity contribution in [2.45, 2.75) is 32.0 Å². The average molecular weight is 306 g/mol. The van der Waals surface area contributed by atoms with Gasteiger partial charge in [0.25, 0.3) is 0 Å². The third kappa shape index (κ3) is 2.58. The maximum Gasteiger partial charge on any atom is 0.0871 e. The first-order chi connectivity index (χ1) is 10.1. The minimum Gasteiger partial charge on any atom is -0.398 e. The first-order valence-corrected chi connectivity index (χ1v) is 8.66. The molecule has 0 aromatic carbocycles. The van der Waals surface area contributed by atoms with Crippen molar-refractivity contribution >= 4 is 23.0 Å². The van der Waals surface area contributed by atoms with Crippen LogP contribution in [0.1, 0.15) is 24.6 Å². The zero-order chi connectivity index (χ0) is 15.0. The first-order valence-electron chi connectivity index (χ1n) is 7.51. The number of allylic oxidation sites excluding steroid dienone is 1. The van der Waals surface area contributed by atoms with Crippen LogP contribution in [-0.2, 0) is 6.42 Å². The third-order valence-electron chi connectivity index (χ3n) is 4.63. The largest absolute Gasteiger partial charge is 0.398 e. The summed E-state index contributed by atoms with van der Waals surface area (Å²) in [5, 5.41) is 20.7. The number of nitrogen functional groups attached to an aromatic ring is 1. The maximum absolute atomic E-state index is 10.4. The van der Waals surface area contributed by atoms with E-state index in [0.29, 0.717) is 0 Å². The monoisotopic (exact) mass is 306 g/mol. The van der Waals surface area contributed by atoms with Gasteiger partial charge in [0.05, 0.1) is 17.9 Å². The molecule has 1 unspecified atom stereocenters. The minimum atomic E-state index is -0.701. The minimum absolute atomic E-state index is 0.0296. The molecule has 4 nitrogen and oxygen atoms in total. The molecule has 0 spiro atoms. The van der Waals surface area contributed by atoms with Gasteiger partial charge in [-0.05, 0) is 41.9 Å². The van der Waals surface area contributed by atoms with Crippen molar-refractivity contribution in [2.24, 2.45) is 11.8 Å². The molecule has 1 heterocycles. The van der Waals surface area contributed by atoms with Gasteiger partial charge in [-0.25, -0.2) is 0 Å². The standard InChI is InChI=1S/C16H22N2O2S/c1-2-21-8-9-7-12(16(20)15(9)19)10-3-4-11-13(17)5-6-18-14(10)11/h3,5-6,9,12,15-16,19-20H,2,4,7-8H2,1H3,(H2,17,18)/t9-,12+,15?,16-/m1/s1. The van der Waals surface area contributed by atoms with E-state index in [1.165, 1.54) is 0 Å². The second-order valence-electron chi connectivity index (χ2n) is 5.83. The summed E-state index contributed by atoms with van der Waals surface area (Å²) in [5.41, 5.74) is 9.79. The van der Waals surface area contributed by atoms with Gasteiger partial charge in [0.2, 0.25) is 0 Å².